The van der Waals surface area contributed by atoms with E-state index in [0.717, 1.165) is 29.9 Å². The van der Waals surface area contributed by atoms with E-state index in [2.05, 4.69) is 0 Å². The first-order chi connectivity index (χ1) is 8.63. The highest BCUT2D eigenvalue weighted by Crippen LogP contribution is 2.29. The summed E-state index contributed by atoms with van der Waals surface area (Å²) in [6, 6.07) is 3.86. The predicted molar refractivity (Wildman–Crippen MR) is 70.3 cm³/mol. The minimum atomic E-state index is 0.158. The van der Waals surface area contributed by atoms with E-state index in [0.29, 0.717) is 24.5 Å². The van der Waals surface area contributed by atoms with Gasteiger partial charge in [-0.2, -0.15) is 0 Å². The van der Waals surface area contributed by atoms with Crippen LogP contribution < -0.4 is 4.74 Å². The number of rotatable bonds is 4. The molecular weight excluding hydrogens is 228 g/mol. The third kappa shape index (κ3) is 2.56. The second kappa shape index (κ2) is 5.53. The molecule has 0 bridgehead atoms. The molecule has 1 aromatic rings. The molecule has 1 unspecified atom stereocenters. The molecule has 1 heterocycles. The highest BCUT2D eigenvalue weighted by atomic mass is 16.5. The molecule has 2 rings (SSSR count). The molecule has 1 saturated heterocycles. The van der Waals surface area contributed by atoms with Crippen molar-refractivity contribution < 1.29 is 14.3 Å². The van der Waals surface area contributed by atoms with Gasteiger partial charge >= 0.3 is 0 Å². The first-order valence-corrected chi connectivity index (χ1v) is 6.38. The Balaban J connectivity index is 2.21. The summed E-state index contributed by atoms with van der Waals surface area (Å²) in [5.74, 6) is 1.24. The largest absolute Gasteiger partial charge is 0.496 e. The van der Waals surface area contributed by atoms with Crippen LogP contribution in [-0.2, 0) is 4.74 Å². The molecule has 1 aliphatic heterocycles. The van der Waals surface area contributed by atoms with E-state index in [1.165, 1.54) is 0 Å². The molecule has 0 saturated carbocycles. The highest BCUT2D eigenvalue weighted by molar-refractivity contribution is 5.99. The van der Waals surface area contributed by atoms with Gasteiger partial charge in [-0.15, -0.1) is 0 Å². The zero-order valence-corrected chi connectivity index (χ0v) is 11.3. The average molecular weight is 248 g/mol. The van der Waals surface area contributed by atoms with Crippen LogP contribution in [0, 0.1) is 19.8 Å². The maximum atomic E-state index is 12.3. The minimum Gasteiger partial charge on any atom is -0.496 e. The predicted octanol–water partition coefficient (Wildman–Crippen LogP) is 2.92. The molecule has 1 aromatic carbocycles. The smallest absolute Gasteiger partial charge is 0.166 e. The summed E-state index contributed by atoms with van der Waals surface area (Å²) in [5.41, 5.74) is 2.89. The summed E-state index contributed by atoms with van der Waals surface area (Å²) in [5, 5.41) is 0. The first kappa shape index (κ1) is 13.1. The molecule has 0 amide bonds. The van der Waals surface area contributed by atoms with Crippen LogP contribution in [0.1, 0.15) is 34.3 Å². The van der Waals surface area contributed by atoms with Crippen molar-refractivity contribution in [2.45, 2.75) is 26.7 Å². The SMILES string of the molecule is COc1c(C(=O)CC2CCOC2)ccc(C)c1C. The number of methoxy groups -OCH3 is 1. The fraction of sp³-hybridized carbons (Fsp3) is 0.533. The van der Waals surface area contributed by atoms with Crippen LogP contribution in [0.2, 0.25) is 0 Å². The Kier molecular flexibility index (Phi) is 4.02. The van der Waals surface area contributed by atoms with E-state index < -0.39 is 0 Å². The molecule has 0 spiro atoms. The van der Waals surface area contributed by atoms with E-state index in [1.54, 1.807) is 7.11 Å². The molecule has 18 heavy (non-hydrogen) atoms. The van der Waals surface area contributed by atoms with E-state index >= 15 is 0 Å². The fourth-order valence-corrected chi connectivity index (χ4v) is 2.39. The Bertz CT molecular complexity index is 445. The Morgan fingerprint density at radius 3 is 2.83 bits per heavy atom. The highest BCUT2D eigenvalue weighted by Gasteiger charge is 2.22. The Hall–Kier alpha value is -1.35. The van der Waals surface area contributed by atoms with Gasteiger partial charge in [0.25, 0.3) is 0 Å². The van der Waals surface area contributed by atoms with Crippen LogP contribution in [0.4, 0.5) is 0 Å². The van der Waals surface area contributed by atoms with Crippen molar-refractivity contribution in [3.8, 4) is 5.75 Å². The van der Waals surface area contributed by atoms with E-state index in [-0.39, 0.29) is 5.78 Å². The standard InChI is InChI=1S/C15H20O3/c1-10-4-5-13(15(17-3)11(10)2)14(16)8-12-6-7-18-9-12/h4-5,12H,6-9H2,1-3H3. The first-order valence-electron chi connectivity index (χ1n) is 6.38. The summed E-state index contributed by atoms with van der Waals surface area (Å²) in [6.07, 6.45) is 1.54. The number of hydrogen-bond acceptors (Lipinski definition) is 3. The van der Waals surface area contributed by atoms with Gasteiger partial charge in [-0.3, -0.25) is 4.79 Å². The number of benzene rings is 1. The van der Waals surface area contributed by atoms with Gasteiger partial charge in [-0.05, 0) is 43.4 Å². The lowest BCUT2D eigenvalue weighted by atomic mass is 9.94. The number of Topliss-reactive ketones (excluding diaryl/α,β-unsaturated/α-hetero) is 1. The van der Waals surface area contributed by atoms with Gasteiger partial charge in [-0.25, -0.2) is 0 Å². The summed E-state index contributed by atoms with van der Waals surface area (Å²) in [6.45, 7) is 5.50. The maximum absolute atomic E-state index is 12.3. The van der Waals surface area contributed by atoms with Crippen LogP contribution in [0.3, 0.4) is 0 Å². The van der Waals surface area contributed by atoms with Crippen LogP contribution in [-0.4, -0.2) is 26.1 Å². The molecule has 0 aliphatic carbocycles. The number of ether oxygens (including phenoxy) is 2. The van der Waals surface area contributed by atoms with Crippen molar-refractivity contribution in [2.24, 2.45) is 5.92 Å². The van der Waals surface area contributed by atoms with E-state index in [9.17, 15) is 4.79 Å². The van der Waals surface area contributed by atoms with Crippen molar-refractivity contribution in [1.29, 1.82) is 0 Å². The van der Waals surface area contributed by atoms with Crippen LogP contribution in [0.5, 0.6) is 5.75 Å². The number of ketones is 1. The molecule has 1 atom stereocenters. The number of carbonyl (C=O) groups is 1. The quantitative estimate of drug-likeness (QED) is 0.768. The normalized spacial score (nSPS) is 18.9. The van der Waals surface area contributed by atoms with E-state index in [1.807, 2.05) is 26.0 Å². The van der Waals surface area contributed by atoms with Crippen molar-refractivity contribution in [3.05, 3.63) is 28.8 Å². The second-order valence-electron chi connectivity index (χ2n) is 4.95. The Morgan fingerprint density at radius 2 is 2.22 bits per heavy atom. The molecular formula is C15H20O3. The van der Waals surface area contributed by atoms with Crippen molar-refractivity contribution in [3.63, 3.8) is 0 Å². The number of aryl methyl sites for hydroxylation is 1. The monoisotopic (exact) mass is 248 g/mol. The Morgan fingerprint density at radius 1 is 1.44 bits per heavy atom. The molecule has 98 valence electrons. The topological polar surface area (TPSA) is 35.5 Å². The van der Waals surface area contributed by atoms with Gasteiger partial charge in [0.15, 0.2) is 5.78 Å². The van der Waals surface area contributed by atoms with Crippen molar-refractivity contribution in [1.82, 2.24) is 0 Å². The molecule has 3 nitrogen and oxygen atoms in total. The third-order valence-corrected chi connectivity index (χ3v) is 3.68. The second-order valence-corrected chi connectivity index (χ2v) is 4.95. The zero-order valence-electron chi connectivity index (χ0n) is 11.3. The number of carbonyl (C=O) groups excluding carboxylic acids is 1. The van der Waals surface area contributed by atoms with Crippen LogP contribution in [0.25, 0.3) is 0 Å². The average Bonchev–Trinajstić information content (AvgIpc) is 2.85. The molecule has 0 radical (unpaired) electrons. The van der Waals surface area contributed by atoms with Crippen LogP contribution in [0.15, 0.2) is 12.1 Å². The fourth-order valence-electron chi connectivity index (χ4n) is 2.39. The lowest BCUT2D eigenvalue weighted by Gasteiger charge is -2.14. The summed E-state index contributed by atoms with van der Waals surface area (Å²) >= 11 is 0. The van der Waals surface area contributed by atoms with Gasteiger partial charge in [0, 0.05) is 19.6 Å². The summed E-state index contributed by atoms with van der Waals surface area (Å²) in [7, 11) is 1.62. The van der Waals surface area contributed by atoms with Crippen molar-refractivity contribution in [2.75, 3.05) is 20.3 Å². The summed E-state index contributed by atoms with van der Waals surface area (Å²) < 4.78 is 10.7. The lowest BCUT2D eigenvalue weighted by Crippen LogP contribution is -2.10. The molecule has 3 heteroatoms. The van der Waals surface area contributed by atoms with Crippen molar-refractivity contribution >= 4 is 5.78 Å². The molecule has 0 N–H and O–H groups in total. The lowest BCUT2D eigenvalue weighted by molar-refractivity contribution is 0.0949. The molecule has 1 fully saturated rings. The zero-order chi connectivity index (χ0) is 13.1. The maximum Gasteiger partial charge on any atom is 0.166 e. The van der Waals surface area contributed by atoms with Gasteiger partial charge in [0.2, 0.25) is 0 Å². The van der Waals surface area contributed by atoms with Gasteiger partial charge in [0.1, 0.15) is 5.75 Å². The Labute approximate surface area is 108 Å². The molecule has 1 aliphatic rings. The van der Waals surface area contributed by atoms with Gasteiger partial charge in [-0.1, -0.05) is 6.07 Å². The van der Waals surface area contributed by atoms with Gasteiger partial charge in [0.05, 0.1) is 12.7 Å². The number of hydrogen-bond donors (Lipinski definition) is 0. The summed E-state index contributed by atoms with van der Waals surface area (Å²) in [4.78, 5) is 12.3. The van der Waals surface area contributed by atoms with Gasteiger partial charge < -0.3 is 9.47 Å². The third-order valence-electron chi connectivity index (χ3n) is 3.68. The van der Waals surface area contributed by atoms with E-state index in [4.69, 9.17) is 9.47 Å². The minimum absolute atomic E-state index is 0.158. The molecule has 0 aromatic heterocycles. The van der Waals surface area contributed by atoms with Crippen LogP contribution >= 0.6 is 0 Å².